The van der Waals surface area contributed by atoms with Crippen LogP contribution in [0.25, 0.3) is 0 Å². The number of aromatic nitrogens is 2. The van der Waals surface area contributed by atoms with Gasteiger partial charge in [-0.3, -0.25) is 9.59 Å². The minimum absolute atomic E-state index is 0.0321. The van der Waals surface area contributed by atoms with Crippen molar-refractivity contribution in [3.63, 3.8) is 0 Å². The van der Waals surface area contributed by atoms with E-state index in [2.05, 4.69) is 9.97 Å². The van der Waals surface area contributed by atoms with Gasteiger partial charge in [0.2, 0.25) is 0 Å². The van der Waals surface area contributed by atoms with Gasteiger partial charge in [-0.15, -0.1) is 0 Å². The summed E-state index contributed by atoms with van der Waals surface area (Å²) in [5.74, 6) is -0.165. The number of anilines is 1. The van der Waals surface area contributed by atoms with Crippen LogP contribution in [0.3, 0.4) is 0 Å². The van der Waals surface area contributed by atoms with Crippen molar-refractivity contribution in [2.24, 2.45) is 5.92 Å². The van der Waals surface area contributed by atoms with Gasteiger partial charge in [0.1, 0.15) is 11.6 Å². The predicted octanol–water partition coefficient (Wildman–Crippen LogP) is 4.64. The average molecular weight is 515 g/mol. The molecular weight excluding hydrogens is 485 g/mol. The number of halogens is 3. The van der Waals surface area contributed by atoms with E-state index >= 15 is 0 Å². The van der Waals surface area contributed by atoms with Crippen molar-refractivity contribution in [2.45, 2.75) is 50.2 Å². The molecule has 1 aliphatic heterocycles. The van der Waals surface area contributed by atoms with E-state index in [0.717, 1.165) is 24.2 Å². The van der Waals surface area contributed by atoms with Gasteiger partial charge in [0.25, 0.3) is 5.91 Å². The number of esters is 1. The van der Waals surface area contributed by atoms with Crippen LogP contribution >= 0.6 is 11.8 Å². The summed E-state index contributed by atoms with van der Waals surface area (Å²) in [6.45, 7) is 5.26. The van der Waals surface area contributed by atoms with Crippen LogP contribution in [0.4, 0.5) is 19.0 Å². The molecule has 0 saturated carbocycles. The topological polar surface area (TPSA) is 88.8 Å². The minimum Gasteiger partial charge on any atom is -0.466 e. The number of ether oxygens (including phenoxy) is 1. The van der Waals surface area contributed by atoms with Gasteiger partial charge in [-0.1, -0.05) is 18.7 Å². The van der Waals surface area contributed by atoms with Gasteiger partial charge in [0.05, 0.1) is 18.3 Å². The molecule has 2 aromatic heterocycles. The molecule has 1 saturated heterocycles. The van der Waals surface area contributed by atoms with Crippen LogP contribution in [0.5, 0.6) is 0 Å². The Morgan fingerprint density at radius 1 is 1.29 bits per heavy atom. The van der Waals surface area contributed by atoms with Crippen LogP contribution < -0.4 is 4.90 Å². The number of amides is 1. The first-order valence-electron chi connectivity index (χ1n) is 11.5. The molecule has 1 unspecified atom stereocenters. The molecule has 0 bridgehead atoms. The monoisotopic (exact) mass is 514 g/mol. The summed E-state index contributed by atoms with van der Waals surface area (Å²) in [5.41, 5.74) is -1.01. The normalized spacial score (nSPS) is 16.3. The van der Waals surface area contributed by atoms with E-state index in [-0.39, 0.29) is 53.4 Å². The quantitative estimate of drug-likeness (QED) is 0.272. The first-order valence-corrected chi connectivity index (χ1v) is 12.5. The Labute approximate surface area is 206 Å². The SMILES string of the molecule is CCCN(C)c1cc(C(F)(F)F)nc(SCc2ccc(C(=O)N3CCCC(C(=O)OCC)C3)o2)n1. The third-order valence-corrected chi connectivity index (χ3v) is 6.35. The number of carbonyl (C=O) groups excluding carboxylic acids is 2. The fourth-order valence-electron chi connectivity index (χ4n) is 3.74. The van der Waals surface area contributed by atoms with Crippen molar-refractivity contribution in [2.75, 3.05) is 38.2 Å². The number of hydrogen-bond donors (Lipinski definition) is 0. The molecule has 2 aromatic rings. The molecule has 0 aliphatic carbocycles. The Morgan fingerprint density at radius 2 is 2.06 bits per heavy atom. The van der Waals surface area contributed by atoms with Crippen molar-refractivity contribution in [1.82, 2.24) is 14.9 Å². The highest BCUT2D eigenvalue weighted by Crippen LogP contribution is 2.32. The lowest BCUT2D eigenvalue weighted by Gasteiger charge is -2.30. The van der Waals surface area contributed by atoms with Crippen LogP contribution in [0.2, 0.25) is 0 Å². The summed E-state index contributed by atoms with van der Waals surface area (Å²) in [7, 11) is 1.68. The number of nitrogens with zero attached hydrogens (tertiary/aromatic N) is 4. The maximum Gasteiger partial charge on any atom is 0.433 e. The van der Waals surface area contributed by atoms with Crippen LogP contribution in [0, 0.1) is 5.92 Å². The molecular formula is C23H29F3N4O4S. The first kappa shape index (κ1) is 26.8. The van der Waals surface area contributed by atoms with Crippen LogP contribution in [0.1, 0.15) is 55.1 Å². The molecule has 0 spiro atoms. The second kappa shape index (κ2) is 11.8. The van der Waals surface area contributed by atoms with Crippen LogP contribution in [0.15, 0.2) is 27.8 Å². The molecule has 1 fully saturated rings. The van der Waals surface area contributed by atoms with E-state index in [1.165, 1.54) is 6.07 Å². The summed E-state index contributed by atoms with van der Waals surface area (Å²) >= 11 is 0.995. The number of carbonyl (C=O) groups is 2. The van der Waals surface area contributed by atoms with Gasteiger partial charge in [-0.25, -0.2) is 9.97 Å². The molecule has 35 heavy (non-hydrogen) atoms. The second-order valence-corrected chi connectivity index (χ2v) is 9.15. The Balaban J connectivity index is 1.67. The summed E-state index contributed by atoms with van der Waals surface area (Å²) < 4.78 is 50.8. The number of piperidine rings is 1. The highest BCUT2D eigenvalue weighted by Gasteiger charge is 2.34. The van der Waals surface area contributed by atoms with Crippen LogP contribution in [-0.2, 0) is 21.5 Å². The fourth-order valence-corrected chi connectivity index (χ4v) is 4.49. The van der Waals surface area contributed by atoms with E-state index in [1.54, 1.807) is 29.8 Å². The third kappa shape index (κ3) is 7.12. The Morgan fingerprint density at radius 3 is 2.74 bits per heavy atom. The molecule has 192 valence electrons. The molecule has 8 nitrogen and oxygen atoms in total. The molecule has 3 heterocycles. The van der Waals surface area contributed by atoms with Crippen molar-refractivity contribution >= 4 is 29.5 Å². The average Bonchev–Trinajstić information content (AvgIpc) is 3.31. The number of thioether (sulfide) groups is 1. The highest BCUT2D eigenvalue weighted by molar-refractivity contribution is 7.98. The lowest BCUT2D eigenvalue weighted by molar-refractivity contribution is -0.149. The maximum atomic E-state index is 13.3. The zero-order chi connectivity index (χ0) is 25.6. The summed E-state index contributed by atoms with van der Waals surface area (Å²) in [6.07, 6.45) is -2.50. The van der Waals surface area contributed by atoms with Gasteiger partial charge in [-0.05, 0) is 38.3 Å². The Hall–Kier alpha value is -2.76. The molecule has 1 amide bonds. The molecule has 12 heteroatoms. The zero-order valence-corrected chi connectivity index (χ0v) is 20.7. The Kier molecular flexibility index (Phi) is 9.03. The van der Waals surface area contributed by atoms with Gasteiger partial charge in [0, 0.05) is 32.7 Å². The zero-order valence-electron chi connectivity index (χ0n) is 19.9. The summed E-state index contributed by atoms with van der Waals surface area (Å²) in [4.78, 5) is 36.0. The van der Waals surface area contributed by atoms with E-state index in [9.17, 15) is 22.8 Å². The highest BCUT2D eigenvalue weighted by atomic mass is 32.2. The molecule has 1 atom stereocenters. The Bertz CT molecular complexity index is 1030. The number of alkyl halides is 3. The van der Waals surface area contributed by atoms with Crippen LogP contribution in [-0.4, -0.2) is 60.0 Å². The molecule has 0 aromatic carbocycles. The molecule has 3 rings (SSSR count). The van der Waals surface area contributed by atoms with Crippen molar-refractivity contribution in [1.29, 1.82) is 0 Å². The van der Waals surface area contributed by atoms with Crippen molar-refractivity contribution in [3.05, 3.63) is 35.4 Å². The second-order valence-electron chi connectivity index (χ2n) is 8.21. The van der Waals surface area contributed by atoms with E-state index in [1.807, 2.05) is 6.92 Å². The van der Waals surface area contributed by atoms with Crippen molar-refractivity contribution in [3.8, 4) is 0 Å². The molecule has 0 N–H and O–H groups in total. The fraction of sp³-hybridized carbons (Fsp3) is 0.565. The first-order chi connectivity index (χ1) is 16.6. The maximum absolute atomic E-state index is 13.3. The summed E-state index contributed by atoms with van der Waals surface area (Å²) in [5, 5.41) is -0.0321. The van der Waals surface area contributed by atoms with E-state index in [4.69, 9.17) is 9.15 Å². The van der Waals surface area contributed by atoms with Gasteiger partial charge in [-0.2, -0.15) is 13.2 Å². The van der Waals surface area contributed by atoms with Gasteiger partial charge in [0.15, 0.2) is 16.6 Å². The van der Waals surface area contributed by atoms with Gasteiger partial charge >= 0.3 is 12.1 Å². The standard InChI is InChI=1S/C23H29F3N4O4S/c1-4-10-29(3)19-12-18(23(24,25)26)27-22(28-19)35-14-16-8-9-17(34-16)20(31)30-11-6-7-15(13-30)21(32)33-5-2/h8-9,12,15H,4-7,10-11,13-14H2,1-3H3. The lowest BCUT2D eigenvalue weighted by atomic mass is 9.98. The number of likely N-dealkylation sites (tertiary alicyclic amines) is 1. The van der Waals surface area contributed by atoms with E-state index in [0.29, 0.717) is 31.7 Å². The largest absolute Gasteiger partial charge is 0.466 e. The molecule has 1 aliphatic rings. The lowest BCUT2D eigenvalue weighted by Crippen LogP contribution is -2.42. The predicted molar refractivity (Wildman–Crippen MR) is 124 cm³/mol. The smallest absolute Gasteiger partial charge is 0.433 e. The number of hydrogen-bond acceptors (Lipinski definition) is 8. The minimum atomic E-state index is -4.60. The van der Waals surface area contributed by atoms with E-state index < -0.39 is 11.9 Å². The summed E-state index contributed by atoms with van der Waals surface area (Å²) in [6, 6.07) is 4.07. The number of rotatable bonds is 9. The molecule has 0 radical (unpaired) electrons. The number of furan rings is 1. The van der Waals surface area contributed by atoms with Gasteiger partial charge < -0.3 is 19.0 Å². The third-order valence-electron chi connectivity index (χ3n) is 5.48. The van der Waals surface area contributed by atoms with Crippen molar-refractivity contribution < 1.29 is 31.9 Å².